The average Bonchev–Trinajstić information content (AvgIpc) is 2.53. The lowest BCUT2D eigenvalue weighted by molar-refractivity contribution is -0.151. The molecule has 118 valence electrons. The zero-order chi connectivity index (χ0) is 15.2. The van der Waals surface area contributed by atoms with E-state index in [9.17, 15) is 9.90 Å². The summed E-state index contributed by atoms with van der Waals surface area (Å²) in [5.41, 5.74) is -0.500. The topological polar surface area (TPSA) is 40.5 Å². The van der Waals surface area contributed by atoms with Crippen molar-refractivity contribution in [1.82, 2.24) is 4.90 Å². The molecule has 0 atom stereocenters. The van der Waals surface area contributed by atoms with Crippen LogP contribution in [0.2, 0.25) is 0 Å². The van der Waals surface area contributed by atoms with Crippen molar-refractivity contribution >= 4 is 5.97 Å². The van der Waals surface area contributed by atoms with Crippen LogP contribution in [0.25, 0.3) is 0 Å². The molecule has 1 aliphatic rings. The molecule has 1 rings (SSSR count). The van der Waals surface area contributed by atoms with Gasteiger partial charge < -0.3 is 10.0 Å². The normalized spacial score (nSPS) is 19.6. The van der Waals surface area contributed by atoms with Crippen LogP contribution in [0.1, 0.15) is 66.2 Å². The number of carboxylic acids is 1. The Morgan fingerprint density at radius 2 is 1.45 bits per heavy atom. The first-order chi connectivity index (χ1) is 9.35. The van der Waals surface area contributed by atoms with E-state index in [0.29, 0.717) is 11.8 Å². The van der Waals surface area contributed by atoms with Crippen molar-refractivity contribution in [2.75, 3.05) is 19.6 Å². The molecular formula is C17H33NO2. The minimum Gasteiger partial charge on any atom is -0.481 e. The van der Waals surface area contributed by atoms with Crippen LogP contribution in [0.5, 0.6) is 0 Å². The van der Waals surface area contributed by atoms with Gasteiger partial charge in [-0.25, -0.2) is 0 Å². The number of rotatable bonds is 7. The number of carbonyl (C=O) groups is 1. The van der Waals surface area contributed by atoms with Gasteiger partial charge >= 0.3 is 5.97 Å². The van der Waals surface area contributed by atoms with Crippen LogP contribution in [0.4, 0.5) is 0 Å². The standard InChI is InChI=1S/C17H33NO2/c1-14(2)11-18(12-15(3)4)13-17(16(19)20)9-7-5-6-8-10-17/h14-15H,5-13H2,1-4H3,(H,19,20). The second-order valence-electron chi connectivity index (χ2n) is 7.48. The van der Waals surface area contributed by atoms with Crippen LogP contribution in [0, 0.1) is 17.3 Å². The second-order valence-corrected chi connectivity index (χ2v) is 7.48. The first-order valence-electron chi connectivity index (χ1n) is 8.31. The maximum atomic E-state index is 11.9. The van der Waals surface area contributed by atoms with Crippen molar-refractivity contribution in [2.45, 2.75) is 66.2 Å². The van der Waals surface area contributed by atoms with Crippen molar-refractivity contribution < 1.29 is 9.90 Å². The highest BCUT2D eigenvalue weighted by atomic mass is 16.4. The van der Waals surface area contributed by atoms with Gasteiger partial charge in [-0.05, 0) is 24.7 Å². The Hall–Kier alpha value is -0.570. The van der Waals surface area contributed by atoms with Crippen LogP contribution in [-0.4, -0.2) is 35.6 Å². The number of carboxylic acid groups (broad SMARTS) is 1. The fourth-order valence-corrected chi connectivity index (χ4v) is 3.51. The van der Waals surface area contributed by atoms with Crippen molar-refractivity contribution in [2.24, 2.45) is 17.3 Å². The summed E-state index contributed by atoms with van der Waals surface area (Å²) in [4.78, 5) is 14.3. The molecule has 0 aromatic rings. The van der Waals surface area contributed by atoms with Gasteiger partial charge in [0, 0.05) is 19.6 Å². The molecule has 1 aliphatic carbocycles. The Bertz CT molecular complexity index is 281. The van der Waals surface area contributed by atoms with Crippen molar-refractivity contribution in [3.8, 4) is 0 Å². The summed E-state index contributed by atoms with van der Waals surface area (Å²) < 4.78 is 0. The van der Waals surface area contributed by atoms with E-state index in [1.807, 2.05) is 0 Å². The fraction of sp³-hybridized carbons (Fsp3) is 0.941. The lowest BCUT2D eigenvalue weighted by Crippen LogP contribution is -2.45. The quantitative estimate of drug-likeness (QED) is 0.717. The summed E-state index contributed by atoms with van der Waals surface area (Å²) in [5, 5.41) is 9.80. The van der Waals surface area contributed by atoms with Gasteiger partial charge in [-0.2, -0.15) is 0 Å². The molecule has 0 amide bonds. The van der Waals surface area contributed by atoms with Gasteiger partial charge in [-0.1, -0.05) is 53.4 Å². The molecule has 1 saturated carbocycles. The third kappa shape index (κ3) is 5.43. The molecular weight excluding hydrogens is 250 g/mol. The van der Waals surface area contributed by atoms with Crippen molar-refractivity contribution in [3.63, 3.8) is 0 Å². The van der Waals surface area contributed by atoms with Crippen molar-refractivity contribution in [1.29, 1.82) is 0 Å². The lowest BCUT2D eigenvalue weighted by Gasteiger charge is -2.36. The van der Waals surface area contributed by atoms with Crippen LogP contribution in [0.15, 0.2) is 0 Å². The fourth-order valence-electron chi connectivity index (χ4n) is 3.51. The van der Waals surface area contributed by atoms with Crippen LogP contribution in [-0.2, 0) is 4.79 Å². The number of hydrogen-bond acceptors (Lipinski definition) is 2. The first kappa shape index (κ1) is 17.5. The maximum Gasteiger partial charge on any atom is 0.310 e. The summed E-state index contributed by atoms with van der Waals surface area (Å²) in [6, 6.07) is 0. The summed E-state index contributed by atoms with van der Waals surface area (Å²) in [6.45, 7) is 11.6. The monoisotopic (exact) mass is 283 g/mol. The van der Waals surface area contributed by atoms with E-state index in [1.54, 1.807) is 0 Å². The highest BCUT2D eigenvalue weighted by molar-refractivity contribution is 5.75. The Kier molecular flexibility index (Phi) is 7.01. The minimum atomic E-state index is -0.572. The average molecular weight is 283 g/mol. The molecule has 0 aromatic heterocycles. The molecule has 0 saturated heterocycles. The zero-order valence-electron chi connectivity index (χ0n) is 13.8. The summed E-state index contributed by atoms with van der Waals surface area (Å²) in [7, 11) is 0. The molecule has 0 heterocycles. The van der Waals surface area contributed by atoms with Crippen LogP contribution in [0.3, 0.4) is 0 Å². The van der Waals surface area contributed by atoms with Gasteiger partial charge in [0.25, 0.3) is 0 Å². The predicted molar refractivity (Wildman–Crippen MR) is 83.9 cm³/mol. The van der Waals surface area contributed by atoms with Gasteiger partial charge in [0.2, 0.25) is 0 Å². The number of nitrogens with zero attached hydrogens (tertiary/aromatic N) is 1. The molecule has 0 unspecified atom stereocenters. The number of aliphatic carboxylic acids is 1. The molecule has 3 nitrogen and oxygen atoms in total. The summed E-state index contributed by atoms with van der Waals surface area (Å²) in [5.74, 6) is 0.604. The first-order valence-corrected chi connectivity index (χ1v) is 8.31. The summed E-state index contributed by atoms with van der Waals surface area (Å²) >= 11 is 0. The molecule has 0 aliphatic heterocycles. The molecule has 0 aromatic carbocycles. The second kappa shape index (κ2) is 8.02. The zero-order valence-corrected chi connectivity index (χ0v) is 13.8. The molecule has 1 N–H and O–H groups in total. The van der Waals surface area contributed by atoms with Crippen LogP contribution < -0.4 is 0 Å². The van der Waals surface area contributed by atoms with E-state index in [1.165, 1.54) is 12.8 Å². The SMILES string of the molecule is CC(C)CN(CC(C)C)CC1(C(=O)O)CCCCCC1. The van der Waals surface area contributed by atoms with E-state index in [4.69, 9.17) is 0 Å². The van der Waals surface area contributed by atoms with Crippen LogP contribution >= 0.6 is 0 Å². The largest absolute Gasteiger partial charge is 0.481 e. The maximum absolute atomic E-state index is 11.9. The van der Waals surface area contributed by atoms with Gasteiger partial charge in [-0.3, -0.25) is 4.79 Å². The number of hydrogen-bond donors (Lipinski definition) is 1. The van der Waals surface area contributed by atoms with E-state index < -0.39 is 11.4 Å². The molecule has 0 radical (unpaired) electrons. The smallest absolute Gasteiger partial charge is 0.310 e. The Morgan fingerprint density at radius 1 is 1.00 bits per heavy atom. The van der Waals surface area contributed by atoms with Gasteiger partial charge in [0.15, 0.2) is 0 Å². The minimum absolute atomic E-state index is 0.500. The third-order valence-corrected chi connectivity index (χ3v) is 4.29. The van der Waals surface area contributed by atoms with Gasteiger partial charge in [0.1, 0.15) is 0 Å². The Morgan fingerprint density at radius 3 is 1.80 bits per heavy atom. The lowest BCUT2D eigenvalue weighted by atomic mass is 9.79. The predicted octanol–water partition coefficient (Wildman–Crippen LogP) is 4.03. The van der Waals surface area contributed by atoms with E-state index in [2.05, 4.69) is 32.6 Å². The Labute approximate surface area is 124 Å². The van der Waals surface area contributed by atoms with Gasteiger partial charge in [-0.15, -0.1) is 0 Å². The summed E-state index contributed by atoms with van der Waals surface area (Å²) in [6.07, 6.45) is 6.25. The van der Waals surface area contributed by atoms with E-state index in [0.717, 1.165) is 45.3 Å². The Balaban J connectivity index is 2.80. The highest BCUT2D eigenvalue weighted by Crippen LogP contribution is 2.36. The van der Waals surface area contributed by atoms with E-state index in [-0.39, 0.29) is 0 Å². The molecule has 0 spiro atoms. The third-order valence-electron chi connectivity index (χ3n) is 4.29. The van der Waals surface area contributed by atoms with Crippen molar-refractivity contribution in [3.05, 3.63) is 0 Å². The molecule has 1 fully saturated rings. The molecule has 3 heteroatoms. The molecule has 20 heavy (non-hydrogen) atoms. The highest BCUT2D eigenvalue weighted by Gasteiger charge is 2.40. The molecule has 0 bridgehead atoms. The van der Waals surface area contributed by atoms with Gasteiger partial charge in [0.05, 0.1) is 5.41 Å². The van der Waals surface area contributed by atoms with E-state index >= 15 is 0 Å².